The second-order valence-corrected chi connectivity index (χ2v) is 13.2. The number of pyridine rings is 1. The monoisotopic (exact) mass is 587 g/mol. The number of likely N-dealkylation sites (tertiary alicyclic amines) is 1. The SMILES string of the molecule is Cc1cc2cc(CC(C#N)NC(=O)[C@@H]3[C@H]4[C@H](CN3C(=O)[C@@H](NC(=O)C(F)(F)F)C(C)(C)C)C4(C)C)c(=O)[nH]c2cc1C. The zero-order valence-corrected chi connectivity index (χ0v) is 24.7. The fraction of sp³-hybridized carbons (Fsp3) is 0.567. The molecule has 3 N–H and O–H groups in total. The Labute approximate surface area is 241 Å². The normalized spacial score (nSPS) is 22.6. The second kappa shape index (κ2) is 10.4. The van der Waals surface area contributed by atoms with Crippen LogP contribution in [-0.2, 0) is 20.8 Å². The molecule has 0 spiro atoms. The number of halogens is 3. The number of fused-ring (bicyclic) bond motifs is 2. The van der Waals surface area contributed by atoms with E-state index in [0.29, 0.717) is 11.1 Å². The number of aromatic nitrogens is 1. The van der Waals surface area contributed by atoms with Crippen molar-refractivity contribution in [2.45, 2.75) is 79.2 Å². The molecule has 9 nitrogen and oxygen atoms in total. The molecule has 2 fully saturated rings. The van der Waals surface area contributed by atoms with Crippen molar-refractivity contribution in [2.24, 2.45) is 22.7 Å². The number of piperidine rings is 1. The maximum absolute atomic E-state index is 13.7. The van der Waals surface area contributed by atoms with Gasteiger partial charge in [-0.15, -0.1) is 0 Å². The van der Waals surface area contributed by atoms with Crippen LogP contribution < -0.4 is 16.2 Å². The first kappa shape index (κ1) is 31.1. The highest BCUT2D eigenvalue weighted by Crippen LogP contribution is 2.65. The molecule has 0 bridgehead atoms. The highest BCUT2D eigenvalue weighted by atomic mass is 19.4. The van der Waals surface area contributed by atoms with Crippen LogP contribution in [0.5, 0.6) is 0 Å². The number of carbonyl (C=O) groups excluding carboxylic acids is 3. The maximum atomic E-state index is 13.7. The molecule has 3 amide bonds. The number of aryl methyl sites for hydroxylation is 2. The van der Waals surface area contributed by atoms with Gasteiger partial charge in [-0.25, -0.2) is 0 Å². The van der Waals surface area contributed by atoms with Crippen molar-refractivity contribution >= 4 is 28.6 Å². The summed E-state index contributed by atoms with van der Waals surface area (Å²) in [4.78, 5) is 56.0. The number of benzene rings is 1. The first-order chi connectivity index (χ1) is 19.3. The van der Waals surface area contributed by atoms with Crippen molar-refractivity contribution in [1.29, 1.82) is 5.26 Å². The number of alkyl halides is 3. The minimum absolute atomic E-state index is 0.0771. The number of hydrogen-bond donors (Lipinski definition) is 3. The lowest BCUT2D eigenvalue weighted by atomic mass is 9.85. The van der Waals surface area contributed by atoms with Gasteiger partial charge >= 0.3 is 12.1 Å². The number of hydrogen-bond acceptors (Lipinski definition) is 5. The first-order valence-corrected chi connectivity index (χ1v) is 13.8. The Hall–Kier alpha value is -3.88. The third-order valence-electron chi connectivity index (χ3n) is 8.84. The zero-order chi connectivity index (χ0) is 31.5. The highest BCUT2D eigenvalue weighted by molar-refractivity contribution is 5.95. The fourth-order valence-corrected chi connectivity index (χ4v) is 6.12. The topological polar surface area (TPSA) is 135 Å². The van der Waals surface area contributed by atoms with E-state index in [1.54, 1.807) is 6.07 Å². The van der Waals surface area contributed by atoms with Crippen molar-refractivity contribution in [3.63, 3.8) is 0 Å². The Morgan fingerprint density at radius 3 is 2.31 bits per heavy atom. The predicted molar refractivity (Wildman–Crippen MR) is 149 cm³/mol. The van der Waals surface area contributed by atoms with E-state index in [1.165, 1.54) is 25.7 Å². The van der Waals surface area contributed by atoms with Crippen LogP contribution >= 0.6 is 0 Å². The minimum Gasteiger partial charge on any atom is -0.338 e. The molecule has 42 heavy (non-hydrogen) atoms. The van der Waals surface area contributed by atoms with Gasteiger partial charge in [0, 0.05) is 24.0 Å². The van der Waals surface area contributed by atoms with Crippen LogP contribution in [0, 0.1) is 47.8 Å². The van der Waals surface area contributed by atoms with E-state index >= 15 is 0 Å². The van der Waals surface area contributed by atoms with Crippen molar-refractivity contribution in [2.75, 3.05) is 6.54 Å². The molecule has 2 aliphatic rings. The summed E-state index contributed by atoms with van der Waals surface area (Å²) in [6.07, 6.45) is -5.28. The molecule has 1 aromatic heterocycles. The lowest BCUT2D eigenvalue weighted by molar-refractivity contribution is -0.176. The van der Waals surface area contributed by atoms with Crippen LogP contribution in [0.4, 0.5) is 13.2 Å². The number of nitrogens with zero attached hydrogens (tertiary/aromatic N) is 2. The molecule has 5 atom stereocenters. The lowest BCUT2D eigenvalue weighted by Crippen LogP contribution is -2.61. The molecule has 1 aliphatic carbocycles. The van der Waals surface area contributed by atoms with Crippen molar-refractivity contribution in [3.8, 4) is 6.07 Å². The number of amides is 3. The second-order valence-electron chi connectivity index (χ2n) is 13.2. The van der Waals surface area contributed by atoms with Crippen LogP contribution in [0.25, 0.3) is 10.9 Å². The number of nitrogens with one attached hydrogen (secondary N) is 3. The van der Waals surface area contributed by atoms with Crippen molar-refractivity contribution < 1.29 is 27.6 Å². The third kappa shape index (κ3) is 5.74. The highest BCUT2D eigenvalue weighted by Gasteiger charge is 2.70. The Morgan fingerprint density at radius 1 is 1.12 bits per heavy atom. The van der Waals surface area contributed by atoms with Gasteiger partial charge in [0.1, 0.15) is 18.1 Å². The van der Waals surface area contributed by atoms with Gasteiger partial charge in [-0.1, -0.05) is 34.6 Å². The Morgan fingerprint density at radius 2 is 1.74 bits per heavy atom. The van der Waals surface area contributed by atoms with Crippen LogP contribution in [0.2, 0.25) is 0 Å². The smallest absolute Gasteiger partial charge is 0.338 e. The summed E-state index contributed by atoms with van der Waals surface area (Å²) in [5, 5.41) is 15.1. The molecule has 0 radical (unpaired) electrons. The summed E-state index contributed by atoms with van der Waals surface area (Å²) in [6.45, 7) is 12.5. The van der Waals surface area contributed by atoms with Gasteiger partial charge in [0.15, 0.2) is 0 Å². The van der Waals surface area contributed by atoms with Crippen LogP contribution in [-0.4, -0.2) is 58.5 Å². The number of carbonyl (C=O) groups is 3. The number of aromatic amines is 1. The van der Waals surface area contributed by atoms with Gasteiger partial charge in [0.05, 0.1) is 6.07 Å². The standard InChI is InChI=1S/C30H36F3N5O4/c1-14-8-16-10-17(24(39)36-20(16)9-15(14)2)11-18(12-34)35-25(40)22-21-19(29(21,6)7)13-38(22)26(41)23(28(3,4)5)37-27(42)30(31,32)33/h8-10,18-19,21-23H,11,13H2,1-7H3,(H,35,40)(H,36,39)(H,37,42)/t18?,19-,21+,22-,23+/m0/s1. The van der Waals surface area contributed by atoms with Gasteiger partial charge in [0.25, 0.3) is 5.56 Å². The minimum atomic E-state index is -5.19. The molecule has 226 valence electrons. The summed E-state index contributed by atoms with van der Waals surface area (Å²) in [7, 11) is 0. The summed E-state index contributed by atoms with van der Waals surface area (Å²) in [5.74, 6) is -4.03. The summed E-state index contributed by atoms with van der Waals surface area (Å²) < 4.78 is 39.2. The summed E-state index contributed by atoms with van der Waals surface area (Å²) in [5.41, 5.74) is 1.19. The van der Waals surface area contributed by atoms with Crippen LogP contribution in [0.15, 0.2) is 23.0 Å². The molecular formula is C30H36F3N5O4. The molecule has 1 aliphatic heterocycles. The Bertz CT molecular complexity index is 1550. The molecule has 1 unspecified atom stereocenters. The Kier molecular flexibility index (Phi) is 7.72. The molecule has 4 rings (SSSR count). The third-order valence-corrected chi connectivity index (χ3v) is 8.84. The van der Waals surface area contributed by atoms with E-state index in [1.807, 2.05) is 51.2 Å². The van der Waals surface area contributed by atoms with Gasteiger partial charge in [-0.3, -0.25) is 19.2 Å². The summed E-state index contributed by atoms with van der Waals surface area (Å²) in [6, 6.07) is 3.77. The number of rotatable bonds is 6. The number of nitriles is 1. The van der Waals surface area contributed by atoms with Crippen molar-refractivity contribution in [1.82, 2.24) is 20.5 Å². The van der Waals surface area contributed by atoms with Gasteiger partial charge in [-0.2, -0.15) is 18.4 Å². The van der Waals surface area contributed by atoms with E-state index in [-0.39, 0.29) is 30.2 Å². The molecule has 12 heteroatoms. The maximum Gasteiger partial charge on any atom is 0.471 e. The predicted octanol–water partition coefficient (Wildman–Crippen LogP) is 3.27. The molecular weight excluding hydrogens is 551 g/mol. The fourth-order valence-electron chi connectivity index (χ4n) is 6.12. The van der Waals surface area contributed by atoms with E-state index in [4.69, 9.17) is 0 Å². The largest absolute Gasteiger partial charge is 0.471 e. The van der Waals surface area contributed by atoms with Crippen LogP contribution in [0.1, 0.15) is 51.3 Å². The van der Waals surface area contributed by atoms with Crippen molar-refractivity contribution in [3.05, 3.63) is 45.2 Å². The average Bonchev–Trinajstić information content (AvgIpc) is 3.20. The van der Waals surface area contributed by atoms with E-state index in [2.05, 4.69) is 10.3 Å². The van der Waals surface area contributed by atoms with Gasteiger partial charge < -0.3 is 20.5 Å². The molecule has 2 aromatic rings. The first-order valence-electron chi connectivity index (χ1n) is 13.8. The van der Waals surface area contributed by atoms with E-state index in [9.17, 15) is 37.6 Å². The average molecular weight is 588 g/mol. The molecule has 1 aromatic carbocycles. The zero-order valence-electron chi connectivity index (χ0n) is 24.7. The lowest BCUT2D eigenvalue weighted by Gasteiger charge is -2.37. The molecule has 2 heterocycles. The van der Waals surface area contributed by atoms with Gasteiger partial charge in [0.2, 0.25) is 11.8 Å². The molecule has 1 saturated heterocycles. The van der Waals surface area contributed by atoms with Gasteiger partial charge in [-0.05, 0) is 71.2 Å². The Balaban J connectivity index is 1.58. The summed E-state index contributed by atoms with van der Waals surface area (Å²) >= 11 is 0. The molecule has 1 saturated carbocycles. The van der Waals surface area contributed by atoms with E-state index < -0.39 is 53.0 Å². The van der Waals surface area contributed by atoms with E-state index in [0.717, 1.165) is 16.5 Å². The van der Waals surface area contributed by atoms with Crippen LogP contribution in [0.3, 0.4) is 0 Å². The quantitative estimate of drug-likeness (QED) is 0.477. The number of H-pyrrole nitrogens is 1.